The molecule has 0 aliphatic carbocycles. The molecule has 1 amide bonds. The second-order valence-electron chi connectivity index (χ2n) is 5.75. The summed E-state index contributed by atoms with van der Waals surface area (Å²) in [6.07, 6.45) is 1.62. The second-order valence-corrected chi connectivity index (χ2v) is 5.75. The van der Waals surface area contributed by atoms with Crippen molar-refractivity contribution in [3.8, 4) is 5.88 Å². The second kappa shape index (κ2) is 6.82. The van der Waals surface area contributed by atoms with Crippen molar-refractivity contribution in [2.45, 2.75) is 13.8 Å². The van der Waals surface area contributed by atoms with Gasteiger partial charge in [0.1, 0.15) is 17.2 Å². The van der Waals surface area contributed by atoms with E-state index in [1.54, 1.807) is 18.3 Å². The number of ether oxygens (including phenoxy) is 1. The first-order valence-corrected chi connectivity index (χ1v) is 7.94. The Bertz CT molecular complexity index is 721. The van der Waals surface area contributed by atoms with Crippen LogP contribution in [-0.2, 0) is 0 Å². The molecule has 0 aromatic carbocycles. The van der Waals surface area contributed by atoms with Gasteiger partial charge in [0, 0.05) is 44.1 Å². The summed E-state index contributed by atoms with van der Waals surface area (Å²) in [4.78, 5) is 29.6. The van der Waals surface area contributed by atoms with E-state index in [1.807, 2.05) is 24.8 Å². The van der Waals surface area contributed by atoms with Gasteiger partial charge in [0.25, 0.3) is 5.91 Å². The fourth-order valence-electron chi connectivity index (χ4n) is 2.88. The molecule has 2 aromatic rings. The van der Waals surface area contributed by atoms with Gasteiger partial charge in [-0.25, -0.2) is 15.0 Å². The fourth-order valence-corrected chi connectivity index (χ4v) is 2.88. The number of anilines is 1. The average molecular weight is 327 g/mol. The Morgan fingerprint density at radius 3 is 2.58 bits per heavy atom. The molecule has 0 unspecified atom stereocenters. The Labute approximate surface area is 141 Å². The lowest BCUT2D eigenvalue weighted by atomic mass is 10.2. The summed E-state index contributed by atoms with van der Waals surface area (Å²) in [5, 5.41) is 0. The number of aromatic nitrogens is 3. The smallest absolute Gasteiger partial charge is 0.259 e. The minimum absolute atomic E-state index is 0.0466. The van der Waals surface area contributed by atoms with Gasteiger partial charge in [0.2, 0.25) is 5.88 Å². The predicted molar refractivity (Wildman–Crippen MR) is 90.4 cm³/mol. The number of methoxy groups -OCH3 is 1. The van der Waals surface area contributed by atoms with Crippen LogP contribution in [0.25, 0.3) is 0 Å². The molecule has 0 N–H and O–H groups in total. The van der Waals surface area contributed by atoms with Crippen LogP contribution in [0, 0.1) is 13.8 Å². The number of pyridine rings is 1. The van der Waals surface area contributed by atoms with Gasteiger partial charge in [-0.2, -0.15) is 0 Å². The SMILES string of the molecule is COc1ncccc1C(=O)N1CCN(c2cc(C)nc(C)n2)CC1. The van der Waals surface area contributed by atoms with Gasteiger partial charge >= 0.3 is 0 Å². The van der Waals surface area contributed by atoms with Crippen molar-refractivity contribution >= 4 is 11.7 Å². The van der Waals surface area contributed by atoms with E-state index < -0.39 is 0 Å². The van der Waals surface area contributed by atoms with Gasteiger partial charge < -0.3 is 14.5 Å². The normalized spacial score (nSPS) is 14.6. The molecule has 7 nitrogen and oxygen atoms in total. The highest BCUT2D eigenvalue weighted by Crippen LogP contribution is 2.19. The van der Waals surface area contributed by atoms with Crippen molar-refractivity contribution in [3.05, 3.63) is 41.5 Å². The quantitative estimate of drug-likeness (QED) is 0.850. The van der Waals surface area contributed by atoms with Crippen molar-refractivity contribution in [3.63, 3.8) is 0 Å². The molecule has 0 saturated carbocycles. The Balaban J connectivity index is 1.69. The number of aryl methyl sites for hydroxylation is 2. The largest absolute Gasteiger partial charge is 0.480 e. The zero-order valence-corrected chi connectivity index (χ0v) is 14.2. The fraction of sp³-hybridized carbons (Fsp3) is 0.412. The highest BCUT2D eigenvalue weighted by molar-refractivity contribution is 5.96. The maximum atomic E-state index is 12.7. The number of hydrogen-bond acceptors (Lipinski definition) is 6. The number of carbonyl (C=O) groups is 1. The van der Waals surface area contributed by atoms with E-state index >= 15 is 0 Å². The zero-order valence-electron chi connectivity index (χ0n) is 14.2. The molecule has 1 aliphatic rings. The monoisotopic (exact) mass is 327 g/mol. The van der Waals surface area contributed by atoms with Crippen LogP contribution in [0.4, 0.5) is 5.82 Å². The minimum Gasteiger partial charge on any atom is -0.480 e. The lowest BCUT2D eigenvalue weighted by Gasteiger charge is -2.35. The molecule has 3 heterocycles. The minimum atomic E-state index is -0.0466. The van der Waals surface area contributed by atoms with Crippen LogP contribution in [0.5, 0.6) is 5.88 Å². The van der Waals surface area contributed by atoms with Crippen LogP contribution in [0.1, 0.15) is 21.9 Å². The van der Waals surface area contributed by atoms with Crippen LogP contribution in [0.3, 0.4) is 0 Å². The number of nitrogens with zero attached hydrogens (tertiary/aromatic N) is 5. The molecule has 1 fully saturated rings. The van der Waals surface area contributed by atoms with E-state index in [0.717, 1.165) is 30.4 Å². The molecule has 0 spiro atoms. The summed E-state index contributed by atoms with van der Waals surface area (Å²) >= 11 is 0. The third kappa shape index (κ3) is 3.29. The first-order valence-electron chi connectivity index (χ1n) is 7.94. The van der Waals surface area contributed by atoms with Gasteiger partial charge in [-0.05, 0) is 26.0 Å². The van der Waals surface area contributed by atoms with E-state index in [2.05, 4.69) is 19.9 Å². The third-order valence-corrected chi connectivity index (χ3v) is 4.04. The highest BCUT2D eigenvalue weighted by Gasteiger charge is 2.25. The third-order valence-electron chi connectivity index (χ3n) is 4.04. The topological polar surface area (TPSA) is 71.5 Å². The summed E-state index contributed by atoms with van der Waals surface area (Å²) in [6, 6.07) is 5.48. The molecule has 1 aliphatic heterocycles. The van der Waals surface area contributed by atoms with E-state index in [1.165, 1.54) is 7.11 Å². The predicted octanol–water partition coefficient (Wildman–Crippen LogP) is 1.46. The van der Waals surface area contributed by atoms with Crippen LogP contribution in [0.2, 0.25) is 0 Å². The molecule has 0 bridgehead atoms. The first kappa shape index (κ1) is 16.2. The van der Waals surface area contributed by atoms with Crippen LogP contribution < -0.4 is 9.64 Å². The molecule has 2 aromatic heterocycles. The van der Waals surface area contributed by atoms with Crippen molar-refractivity contribution in [2.75, 3.05) is 38.2 Å². The summed E-state index contributed by atoms with van der Waals surface area (Å²) in [7, 11) is 1.52. The van der Waals surface area contributed by atoms with E-state index in [-0.39, 0.29) is 5.91 Å². The number of carbonyl (C=O) groups excluding carboxylic acids is 1. The number of rotatable bonds is 3. The lowest BCUT2D eigenvalue weighted by molar-refractivity contribution is 0.0742. The standard InChI is InChI=1S/C17H21N5O2/c1-12-11-15(20-13(2)19-12)21-7-9-22(10-8-21)17(23)14-5-4-6-18-16(14)24-3/h4-6,11H,7-10H2,1-3H3. The Hall–Kier alpha value is -2.70. The van der Waals surface area contributed by atoms with E-state index in [0.29, 0.717) is 24.5 Å². The van der Waals surface area contributed by atoms with Crippen molar-refractivity contribution in [1.82, 2.24) is 19.9 Å². The highest BCUT2D eigenvalue weighted by atomic mass is 16.5. The van der Waals surface area contributed by atoms with Crippen molar-refractivity contribution in [2.24, 2.45) is 0 Å². The molecule has 1 saturated heterocycles. The molecular formula is C17H21N5O2. The van der Waals surface area contributed by atoms with Gasteiger partial charge in [-0.3, -0.25) is 4.79 Å². The van der Waals surface area contributed by atoms with Gasteiger partial charge in [-0.15, -0.1) is 0 Å². The van der Waals surface area contributed by atoms with Gasteiger partial charge in [0.15, 0.2) is 0 Å². The van der Waals surface area contributed by atoms with Crippen LogP contribution in [0.15, 0.2) is 24.4 Å². The summed E-state index contributed by atoms with van der Waals surface area (Å²) in [5.74, 6) is 2.01. The van der Waals surface area contributed by atoms with Crippen LogP contribution in [-0.4, -0.2) is 59.0 Å². The number of hydrogen-bond donors (Lipinski definition) is 0. The maximum absolute atomic E-state index is 12.7. The van der Waals surface area contributed by atoms with E-state index in [9.17, 15) is 4.79 Å². The average Bonchev–Trinajstić information content (AvgIpc) is 2.60. The molecule has 0 atom stereocenters. The molecule has 126 valence electrons. The van der Waals surface area contributed by atoms with Gasteiger partial charge in [0.05, 0.1) is 7.11 Å². The molecule has 0 radical (unpaired) electrons. The number of piperazine rings is 1. The Kier molecular flexibility index (Phi) is 4.59. The summed E-state index contributed by atoms with van der Waals surface area (Å²) < 4.78 is 5.19. The lowest BCUT2D eigenvalue weighted by Crippen LogP contribution is -2.49. The number of amides is 1. The van der Waals surface area contributed by atoms with Crippen LogP contribution >= 0.6 is 0 Å². The molecule has 3 rings (SSSR count). The molecular weight excluding hydrogens is 306 g/mol. The zero-order chi connectivity index (χ0) is 17.1. The van der Waals surface area contributed by atoms with Crippen molar-refractivity contribution < 1.29 is 9.53 Å². The summed E-state index contributed by atoms with van der Waals surface area (Å²) in [5.41, 5.74) is 1.46. The molecule has 7 heteroatoms. The summed E-state index contributed by atoms with van der Waals surface area (Å²) in [6.45, 7) is 6.62. The van der Waals surface area contributed by atoms with Crippen molar-refractivity contribution in [1.29, 1.82) is 0 Å². The van der Waals surface area contributed by atoms with E-state index in [4.69, 9.17) is 4.74 Å². The maximum Gasteiger partial charge on any atom is 0.259 e. The first-order chi connectivity index (χ1) is 11.6. The Morgan fingerprint density at radius 2 is 1.92 bits per heavy atom. The Morgan fingerprint density at radius 1 is 1.17 bits per heavy atom. The molecule has 24 heavy (non-hydrogen) atoms. The van der Waals surface area contributed by atoms with Gasteiger partial charge in [-0.1, -0.05) is 0 Å².